The molecular weight excluding hydrogens is 200 g/mol. The monoisotopic (exact) mass is 212 g/mol. The SMILES string of the molecule is Cc1ccc(OCC=CCl)c(CN)n1. The van der Waals surface area contributed by atoms with Gasteiger partial charge in [-0.3, -0.25) is 4.98 Å². The quantitative estimate of drug-likeness (QED) is 0.830. The summed E-state index contributed by atoms with van der Waals surface area (Å²) >= 11 is 5.37. The number of ether oxygens (including phenoxy) is 1. The summed E-state index contributed by atoms with van der Waals surface area (Å²) in [5.41, 5.74) is 8.66. The average Bonchev–Trinajstić information content (AvgIpc) is 2.20. The molecular formula is C10H13ClN2O. The first-order valence-electron chi connectivity index (χ1n) is 4.32. The van der Waals surface area contributed by atoms with Crippen molar-refractivity contribution in [2.24, 2.45) is 5.73 Å². The fourth-order valence-electron chi connectivity index (χ4n) is 1.05. The van der Waals surface area contributed by atoms with Gasteiger partial charge in [0.2, 0.25) is 0 Å². The maximum absolute atomic E-state index is 5.54. The molecule has 76 valence electrons. The largest absolute Gasteiger partial charge is 0.488 e. The van der Waals surface area contributed by atoms with Crippen LogP contribution in [0.1, 0.15) is 11.4 Å². The summed E-state index contributed by atoms with van der Waals surface area (Å²) in [6.07, 6.45) is 1.71. The van der Waals surface area contributed by atoms with E-state index < -0.39 is 0 Å². The first-order valence-corrected chi connectivity index (χ1v) is 4.76. The fourth-order valence-corrected chi connectivity index (χ4v) is 1.12. The summed E-state index contributed by atoms with van der Waals surface area (Å²) < 4.78 is 5.41. The second-order valence-electron chi connectivity index (χ2n) is 2.77. The van der Waals surface area contributed by atoms with E-state index in [1.165, 1.54) is 5.54 Å². The van der Waals surface area contributed by atoms with Crippen LogP contribution in [0.3, 0.4) is 0 Å². The summed E-state index contributed by atoms with van der Waals surface area (Å²) in [6, 6.07) is 3.76. The third kappa shape index (κ3) is 3.01. The van der Waals surface area contributed by atoms with Crippen LogP contribution in [0.2, 0.25) is 0 Å². The van der Waals surface area contributed by atoms with Crippen LogP contribution < -0.4 is 10.5 Å². The summed E-state index contributed by atoms with van der Waals surface area (Å²) in [7, 11) is 0. The van der Waals surface area contributed by atoms with Crippen molar-refractivity contribution in [3.05, 3.63) is 35.1 Å². The highest BCUT2D eigenvalue weighted by atomic mass is 35.5. The lowest BCUT2D eigenvalue weighted by molar-refractivity contribution is 0.356. The standard InChI is InChI=1S/C10H13ClN2O/c1-8-3-4-10(9(7-12)13-8)14-6-2-5-11/h2-5H,6-7,12H2,1H3. The summed E-state index contributed by atoms with van der Waals surface area (Å²) in [5.74, 6) is 0.716. The number of nitrogens with zero attached hydrogens (tertiary/aromatic N) is 1. The Labute approximate surface area is 88.5 Å². The van der Waals surface area contributed by atoms with Crippen molar-refractivity contribution in [3.8, 4) is 5.75 Å². The van der Waals surface area contributed by atoms with Crippen LogP contribution in [-0.2, 0) is 6.54 Å². The molecule has 0 fully saturated rings. The Bertz CT molecular complexity index is 326. The van der Waals surface area contributed by atoms with Crippen molar-refractivity contribution >= 4 is 11.6 Å². The lowest BCUT2D eigenvalue weighted by Gasteiger charge is -2.08. The molecule has 0 spiro atoms. The Morgan fingerprint density at radius 1 is 1.57 bits per heavy atom. The van der Waals surface area contributed by atoms with E-state index in [2.05, 4.69) is 4.98 Å². The van der Waals surface area contributed by atoms with Crippen molar-refractivity contribution in [1.29, 1.82) is 0 Å². The zero-order valence-electron chi connectivity index (χ0n) is 8.03. The van der Waals surface area contributed by atoms with E-state index >= 15 is 0 Å². The number of aromatic nitrogens is 1. The molecule has 0 aliphatic heterocycles. The first-order chi connectivity index (χ1) is 6.77. The van der Waals surface area contributed by atoms with Crippen molar-refractivity contribution in [2.75, 3.05) is 6.61 Å². The molecule has 1 rings (SSSR count). The number of hydrogen-bond donors (Lipinski definition) is 1. The highest BCUT2D eigenvalue weighted by Gasteiger charge is 2.02. The molecule has 0 saturated heterocycles. The minimum atomic E-state index is 0.377. The molecule has 4 heteroatoms. The molecule has 1 aromatic heterocycles. The summed E-state index contributed by atoms with van der Waals surface area (Å²) in [4.78, 5) is 4.26. The van der Waals surface area contributed by atoms with Gasteiger partial charge in [-0.05, 0) is 25.1 Å². The van der Waals surface area contributed by atoms with E-state index in [-0.39, 0.29) is 0 Å². The van der Waals surface area contributed by atoms with E-state index in [1.54, 1.807) is 6.08 Å². The minimum absolute atomic E-state index is 0.377. The van der Waals surface area contributed by atoms with Crippen molar-refractivity contribution in [1.82, 2.24) is 4.98 Å². The van der Waals surface area contributed by atoms with E-state index in [0.29, 0.717) is 18.9 Å². The summed E-state index contributed by atoms with van der Waals surface area (Å²) in [6.45, 7) is 2.73. The molecule has 0 radical (unpaired) electrons. The molecule has 0 amide bonds. The molecule has 0 unspecified atom stereocenters. The zero-order valence-corrected chi connectivity index (χ0v) is 8.79. The van der Waals surface area contributed by atoms with Gasteiger partial charge in [-0.15, -0.1) is 0 Å². The van der Waals surface area contributed by atoms with Gasteiger partial charge in [0.15, 0.2) is 0 Å². The van der Waals surface area contributed by atoms with Crippen LogP contribution >= 0.6 is 11.6 Å². The predicted molar refractivity (Wildman–Crippen MR) is 57.4 cm³/mol. The molecule has 0 aliphatic rings. The minimum Gasteiger partial charge on any atom is -0.488 e. The maximum Gasteiger partial charge on any atom is 0.142 e. The first kappa shape index (κ1) is 11.0. The molecule has 0 bridgehead atoms. The Kier molecular flexibility index (Phi) is 4.43. The van der Waals surface area contributed by atoms with Gasteiger partial charge < -0.3 is 10.5 Å². The molecule has 0 atom stereocenters. The van der Waals surface area contributed by atoms with Gasteiger partial charge in [0, 0.05) is 17.8 Å². The van der Waals surface area contributed by atoms with Gasteiger partial charge in [-0.2, -0.15) is 0 Å². The molecule has 3 nitrogen and oxygen atoms in total. The highest BCUT2D eigenvalue weighted by molar-refractivity contribution is 6.25. The van der Waals surface area contributed by atoms with E-state index in [4.69, 9.17) is 22.1 Å². The van der Waals surface area contributed by atoms with Crippen LogP contribution in [0.4, 0.5) is 0 Å². The van der Waals surface area contributed by atoms with Crippen LogP contribution in [0.5, 0.6) is 5.75 Å². The lowest BCUT2D eigenvalue weighted by Crippen LogP contribution is -2.05. The highest BCUT2D eigenvalue weighted by Crippen LogP contribution is 2.16. The van der Waals surface area contributed by atoms with Crippen LogP contribution in [0.15, 0.2) is 23.7 Å². The van der Waals surface area contributed by atoms with E-state index in [9.17, 15) is 0 Å². The second kappa shape index (κ2) is 5.62. The summed E-state index contributed by atoms with van der Waals surface area (Å²) in [5, 5.41) is 0. The smallest absolute Gasteiger partial charge is 0.142 e. The third-order valence-electron chi connectivity index (χ3n) is 1.69. The number of pyridine rings is 1. The molecule has 14 heavy (non-hydrogen) atoms. The molecule has 0 saturated carbocycles. The topological polar surface area (TPSA) is 48.1 Å². The van der Waals surface area contributed by atoms with E-state index in [0.717, 1.165) is 11.4 Å². The fraction of sp³-hybridized carbons (Fsp3) is 0.300. The molecule has 2 N–H and O–H groups in total. The van der Waals surface area contributed by atoms with Gasteiger partial charge in [0.05, 0.1) is 5.69 Å². The Hall–Kier alpha value is -1.06. The molecule has 0 aliphatic carbocycles. The third-order valence-corrected chi connectivity index (χ3v) is 1.87. The van der Waals surface area contributed by atoms with Gasteiger partial charge in [-0.25, -0.2) is 0 Å². The van der Waals surface area contributed by atoms with Crippen molar-refractivity contribution < 1.29 is 4.74 Å². The van der Waals surface area contributed by atoms with Crippen LogP contribution in [0, 0.1) is 6.92 Å². The number of hydrogen-bond acceptors (Lipinski definition) is 3. The lowest BCUT2D eigenvalue weighted by atomic mass is 10.3. The van der Waals surface area contributed by atoms with Gasteiger partial charge >= 0.3 is 0 Å². The average molecular weight is 213 g/mol. The normalized spacial score (nSPS) is 10.8. The van der Waals surface area contributed by atoms with Crippen molar-refractivity contribution in [3.63, 3.8) is 0 Å². The van der Waals surface area contributed by atoms with Crippen LogP contribution in [0.25, 0.3) is 0 Å². The van der Waals surface area contributed by atoms with Gasteiger partial charge in [0.1, 0.15) is 12.4 Å². The maximum atomic E-state index is 5.54. The molecule has 1 heterocycles. The van der Waals surface area contributed by atoms with Gasteiger partial charge in [-0.1, -0.05) is 11.6 Å². The van der Waals surface area contributed by atoms with Crippen LogP contribution in [-0.4, -0.2) is 11.6 Å². The molecule has 1 aromatic rings. The predicted octanol–water partition coefficient (Wildman–Crippen LogP) is 1.98. The number of aryl methyl sites for hydroxylation is 1. The second-order valence-corrected chi connectivity index (χ2v) is 3.03. The Morgan fingerprint density at radius 2 is 2.36 bits per heavy atom. The number of nitrogens with two attached hydrogens (primary N) is 1. The number of rotatable bonds is 4. The zero-order chi connectivity index (χ0) is 10.4. The Morgan fingerprint density at radius 3 is 3.00 bits per heavy atom. The molecule has 0 aromatic carbocycles. The van der Waals surface area contributed by atoms with Crippen molar-refractivity contribution in [2.45, 2.75) is 13.5 Å². The van der Waals surface area contributed by atoms with E-state index in [1.807, 2.05) is 19.1 Å². The number of halogens is 1. The van der Waals surface area contributed by atoms with Gasteiger partial charge in [0.25, 0.3) is 0 Å². The Balaban J connectivity index is 2.74.